The third-order valence-electron chi connectivity index (χ3n) is 2.16. The van der Waals surface area contributed by atoms with Crippen LogP contribution in [0.5, 0.6) is 0 Å². The molecule has 0 bridgehead atoms. The zero-order valence-electron chi connectivity index (χ0n) is 9.48. The van der Waals surface area contributed by atoms with E-state index in [4.69, 9.17) is 10.5 Å². The lowest BCUT2D eigenvalue weighted by atomic mass is 10.0. The minimum Gasteiger partial charge on any atom is -0.465 e. The van der Waals surface area contributed by atoms with E-state index in [0.717, 1.165) is 3.57 Å². The third-order valence-corrected chi connectivity index (χ3v) is 2.88. The van der Waals surface area contributed by atoms with Gasteiger partial charge in [-0.05, 0) is 41.6 Å². The van der Waals surface area contributed by atoms with E-state index >= 15 is 0 Å². The van der Waals surface area contributed by atoms with Crippen LogP contribution in [0.25, 0.3) is 0 Å². The molecule has 1 rings (SSSR count). The Hall–Kier alpha value is -0.950. The number of ether oxygens (including phenoxy) is 1. The Morgan fingerprint density at radius 2 is 1.94 bits per heavy atom. The minimum absolute atomic E-state index is 0.0283. The fourth-order valence-electron chi connectivity index (χ4n) is 1.29. The summed E-state index contributed by atoms with van der Waals surface area (Å²) in [5.41, 5.74) is 6.13. The molecule has 1 aromatic rings. The van der Waals surface area contributed by atoms with Crippen molar-refractivity contribution in [2.45, 2.75) is 19.4 Å². The van der Waals surface area contributed by atoms with E-state index in [1.807, 2.05) is 12.1 Å². The van der Waals surface area contributed by atoms with Crippen molar-refractivity contribution < 1.29 is 14.3 Å². The molecule has 1 unspecified atom stereocenters. The Morgan fingerprint density at radius 1 is 1.35 bits per heavy atom. The smallest absolute Gasteiger partial charge is 0.323 e. The molecule has 0 heterocycles. The molecule has 0 radical (unpaired) electrons. The molecule has 0 saturated carbocycles. The maximum Gasteiger partial charge on any atom is 0.323 e. The average molecular weight is 347 g/mol. The number of nitrogens with two attached hydrogens (primary N) is 1. The first-order valence-corrected chi connectivity index (χ1v) is 6.33. The van der Waals surface area contributed by atoms with E-state index in [9.17, 15) is 9.59 Å². The van der Waals surface area contributed by atoms with Crippen LogP contribution in [0.2, 0.25) is 0 Å². The molecule has 2 N–H and O–H groups in total. The first-order chi connectivity index (χ1) is 8.04. The largest absolute Gasteiger partial charge is 0.465 e. The van der Waals surface area contributed by atoms with Gasteiger partial charge >= 0.3 is 5.97 Å². The Labute approximate surface area is 114 Å². The molecule has 1 aromatic carbocycles. The molecule has 17 heavy (non-hydrogen) atoms. The monoisotopic (exact) mass is 347 g/mol. The molecule has 0 amide bonds. The van der Waals surface area contributed by atoms with Crippen LogP contribution in [0.15, 0.2) is 24.3 Å². The summed E-state index contributed by atoms with van der Waals surface area (Å²) in [4.78, 5) is 23.0. The summed E-state index contributed by atoms with van der Waals surface area (Å²) in [7, 11) is 0. The van der Waals surface area contributed by atoms with Crippen molar-refractivity contribution >= 4 is 34.3 Å². The number of rotatable bonds is 5. The molecule has 0 fully saturated rings. The number of carbonyl (C=O) groups is 2. The topological polar surface area (TPSA) is 69.4 Å². The number of hydrogen-bond acceptors (Lipinski definition) is 4. The molecule has 0 spiro atoms. The van der Waals surface area contributed by atoms with E-state index in [0.29, 0.717) is 5.56 Å². The second-order valence-corrected chi connectivity index (χ2v) is 4.74. The van der Waals surface area contributed by atoms with Gasteiger partial charge in [-0.15, -0.1) is 0 Å². The molecule has 0 aliphatic rings. The number of benzene rings is 1. The molecule has 0 aliphatic carbocycles. The number of Topliss-reactive ketones (excluding diaryl/α,β-unsaturated/α-hetero) is 1. The summed E-state index contributed by atoms with van der Waals surface area (Å²) >= 11 is 2.16. The van der Waals surface area contributed by atoms with Crippen LogP contribution in [0.4, 0.5) is 0 Å². The Kier molecular flexibility index (Phi) is 5.57. The van der Waals surface area contributed by atoms with E-state index in [1.54, 1.807) is 19.1 Å². The molecule has 5 heteroatoms. The highest BCUT2D eigenvalue weighted by Crippen LogP contribution is 2.10. The Morgan fingerprint density at radius 3 is 2.47 bits per heavy atom. The van der Waals surface area contributed by atoms with Gasteiger partial charge in [-0.2, -0.15) is 0 Å². The molecule has 92 valence electrons. The van der Waals surface area contributed by atoms with Gasteiger partial charge in [0.15, 0.2) is 5.78 Å². The second kappa shape index (κ2) is 6.70. The van der Waals surface area contributed by atoms with Crippen molar-refractivity contribution in [3.8, 4) is 0 Å². The normalized spacial score (nSPS) is 11.9. The van der Waals surface area contributed by atoms with Gasteiger partial charge in [-0.1, -0.05) is 12.1 Å². The van der Waals surface area contributed by atoms with Crippen LogP contribution < -0.4 is 5.73 Å². The number of ketones is 1. The highest BCUT2D eigenvalue weighted by molar-refractivity contribution is 14.1. The zero-order chi connectivity index (χ0) is 12.8. The number of esters is 1. The van der Waals surface area contributed by atoms with Gasteiger partial charge in [0, 0.05) is 15.6 Å². The van der Waals surface area contributed by atoms with Gasteiger partial charge in [-0.25, -0.2) is 0 Å². The predicted molar refractivity (Wildman–Crippen MR) is 72.7 cm³/mol. The number of hydrogen-bond donors (Lipinski definition) is 1. The maximum absolute atomic E-state index is 11.8. The van der Waals surface area contributed by atoms with Crippen LogP contribution in [-0.4, -0.2) is 24.4 Å². The lowest BCUT2D eigenvalue weighted by Crippen LogP contribution is -2.34. The highest BCUT2D eigenvalue weighted by Gasteiger charge is 2.19. The van der Waals surface area contributed by atoms with Crippen molar-refractivity contribution in [2.75, 3.05) is 6.61 Å². The lowest BCUT2D eigenvalue weighted by molar-refractivity contribution is -0.144. The van der Waals surface area contributed by atoms with Crippen LogP contribution in [0, 0.1) is 3.57 Å². The summed E-state index contributed by atoms with van der Waals surface area (Å²) in [6, 6.07) is 6.24. The summed E-state index contributed by atoms with van der Waals surface area (Å²) in [5.74, 6) is -0.687. The van der Waals surface area contributed by atoms with Gasteiger partial charge < -0.3 is 10.5 Å². The Balaban J connectivity index is 2.60. The molecule has 0 saturated heterocycles. The van der Waals surface area contributed by atoms with Crippen molar-refractivity contribution in [3.63, 3.8) is 0 Å². The zero-order valence-corrected chi connectivity index (χ0v) is 11.6. The summed E-state index contributed by atoms with van der Waals surface area (Å²) < 4.78 is 5.79. The summed E-state index contributed by atoms with van der Waals surface area (Å²) in [5, 5.41) is 0. The fourth-order valence-corrected chi connectivity index (χ4v) is 1.65. The second-order valence-electron chi connectivity index (χ2n) is 3.49. The third kappa shape index (κ3) is 4.43. The van der Waals surface area contributed by atoms with Crippen LogP contribution in [-0.2, 0) is 9.53 Å². The van der Waals surface area contributed by atoms with Crippen molar-refractivity contribution in [1.29, 1.82) is 0 Å². The molecular weight excluding hydrogens is 333 g/mol. The molecule has 0 aromatic heterocycles. The van der Waals surface area contributed by atoms with Crippen molar-refractivity contribution in [1.82, 2.24) is 0 Å². The lowest BCUT2D eigenvalue weighted by Gasteiger charge is -2.09. The van der Waals surface area contributed by atoms with Gasteiger partial charge in [0.1, 0.15) is 6.04 Å². The first-order valence-electron chi connectivity index (χ1n) is 5.25. The minimum atomic E-state index is -0.887. The summed E-state index contributed by atoms with van der Waals surface area (Å²) in [6.07, 6.45) is -0.0283. The summed E-state index contributed by atoms with van der Waals surface area (Å²) in [6.45, 7) is 1.97. The average Bonchev–Trinajstić information content (AvgIpc) is 2.30. The van der Waals surface area contributed by atoms with Gasteiger partial charge in [0.2, 0.25) is 0 Å². The number of halogens is 1. The fraction of sp³-hybridized carbons (Fsp3) is 0.333. The van der Waals surface area contributed by atoms with Crippen molar-refractivity contribution in [2.24, 2.45) is 5.73 Å². The molecular formula is C12H14INO3. The van der Waals surface area contributed by atoms with Gasteiger partial charge in [0.25, 0.3) is 0 Å². The van der Waals surface area contributed by atoms with Crippen LogP contribution in [0.1, 0.15) is 23.7 Å². The first kappa shape index (κ1) is 14.1. The van der Waals surface area contributed by atoms with E-state index in [-0.39, 0.29) is 18.8 Å². The quantitative estimate of drug-likeness (QED) is 0.501. The predicted octanol–water partition coefficient (Wildman–Crippen LogP) is 1.75. The van der Waals surface area contributed by atoms with Crippen molar-refractivity contribution in [3.05, 3.63) is 33.4 Å². The van der Waals surface area contributed by atoms with E-state index in [1.165, 1.54) is 0 Å². The van der Waals surface area contributed by atoms with Gasteiger partial charge in [-0.3, -0.25) is 9.59 Å². The van der Waals surface area contributed by atoms with Crippen LogP contribution >= 0.6 is 22.6 Å². The molecule has 0 aliphatic heterocycles. The number of carbonyl (C=O) groups excluding carboxylic acids is 2. The molecule has 4 nitrogen and oxygen atoms in total. The molecule has 1 atom stereocenters. The SMILES string of the molecule is CCOC(=O)C(N)CC(=O)c1ccc(I)cc1. The standard InChI is InChI=1S/C12H14INO3/c1-2-17-12(16)10(14)7-11(15)8-3-5-9(13)6-4-8/h3-6,10H,2,7,14H2,1H3. The van der Waals surface area contributed by atoms with Gasteiger partial charge in [0.05, 0.1) is 6.61 Å². The van der Waals surface area contributed by atoms with E-state index < -0.39 is 12.0 Å². The maximum atomic E-state index is 11.8. The van der Waals surface area contributed by atoms with Crippen LogP contribution in [0.3, 0.4) is 0 Å². The van der Waals surface area contributed by atoms with E-state index in [2.05, 4.69) is 22.6 Å². The highest BCUT2D eigenvalue weighted by atomic mass is 127. The Bertz CT molecular complexity index is 403.